The molecule has 4 nitrogen and oxygen atoms in total. The van der Waals surface area contributed by atoms with Crippen LogP contribution >= 0.6 is 0 Å². The predicted molar refractivity (Wildman–Crippen MR) is 36.7 cm³/mol. The van der Waals surface area contributed by atoms with Crippen LogP contribution in [0, 0.1) is 0 Å². The fourth-order valence-corrected chi connectivity index (χ4v) is 0.769. The van der Waals surface area contributed by atoms with E-state index in [2.05, 4.69) is 0 Å². The van der Waals surface area contributed by atoms with Crippen LogP contribution in [0.15, 0.2) is 0 Å². The molecule has 0 aromatic heterocycles. The summed E-state index contributed by atoms with van der Waals surface area (Å²) in [4.78, 5) is 0. The summed E-state index contributed by atoms with van der Waals surface area (Å²) in [5.74, 6) is 0. The van der Waals surface area contributed by atoms with E-state index in [1.165, 1.54) is 6.92 Å². The van der Waals surface area contributed by atoms with Gasteiger partial charge in [0.15, 0.2) is 0 Å². The van der Waals surface area contributed by atoms with Gasteiger partial charge in [-0.3, -0.25) is 0 Å². The Morgan fingerprint density at radius 2 is 1.90 bits per heavy atom. The van der Waals surface area contributed by atoms with Gasteiger partial charge in [-0.15, -0.1) is 0 Å². The molecule has 0 saturated heterocycles. The van der Waals surface area contributed by atoms with Crippen LogP contribution in [0.3, 0.4) is 0 Å². The van der Waals surface area contributed by atoms with Gasteiger partial charge in [-0.05, 0) is 13.3 Å². The molecule has 0 aliphatic rings. The molecule has 0 radical (unpaired) electrons. The van der Waals surface area contributed by atoms with Crippen molar-refractivity contribution in [2.24, 2.45) is 0 Å². The summed E-state index contributed by atoms with van der Waals surface area (Å²) in [5, 5.41) is 26.5. The van der Waals surface area contributed by atoms with E-state index in [-0.39, 0.29) is 0 Å². The number of hydroxylamine groups is 1. The Kier molecular flexibility index (Phi) is 4.55. The minimum Gasteiger partial charge on any atom is -0.392 e. The zero-order valence-electron chi connectivity index (χ0n) is 6.28. The molecule has 0 aromatic carbocycles. The molecule has 3 atom stereocenters. The van der Waals surface area contributed by atoms with E-state index >= 15 is 0 Å². The molecule has 0 amide bonds. The second-order valence-corrected chi connectivity index (χ2v) is 2.37. The fraction of sp³-hybridized carbons (Fsp3) is 1.00. The van der Waals surface area contributed by atoms with E-state index < -0.39 is 18.2 Å². The van der Waals surface area contributed by atoms with Crippen molar-refractivity contribution in [3.63, 3.8) is 0 Å². The maximum Gasteiger partial charge on any atom is 0.0834 e. The topological polar surface area (TPSA) is 72.7 Å². The van der Waals surface area contributed by atoms with Gasteiger partial charge in [0.05, 0.1) is 18.2 Å². The zero-order valence-corrected chi connectivity index (χ0v) is 6.28. The largest absolute Gasteiger partial charge is 0.392 e. The highest BCUT2D eigenvalue weighted by Gasteiger charge is 2.21. The summed E-state index contributed by atoms with van der Waals surface area (Å²) in [6.07, 6.45) is -0.951. The molecule has 0 heterocycles. The number of rotatable bonds is 4. The van der Waals surface area contributed by atoms with Crippen LogP contribution < -0.4 is 5.48 Å². The van der Waals surface area contributed by atoms with Crippen molar-refractivity contribution in [1.29, 1.82) is 0 Å². The van der Waals surface area contributed by atoms with E-state index in [1.807, 2.05) is 5.48 Å². The summed E-state index contributed by atoms with van der Waals surface area (Å²) in [7, 11) is 0. The van der Waals surface area contributed by atoms with Crippen LogP contribution in [0.25, 0.3) is 0 Å². The minimum absolute atomic E-state index is 0.503. The number of nitrogens with one attached hydrogen (secondary N) is 1. The molecule has 0 aliphatic carbocycles. The molecule has 10 heavy (non-hydrogen) atoms. The molecule has 0 saturated carbocycles. The molecule has 4 heteroatoms. The smallest absolute Gasteiger partial charge is 0.0834 e. The predicted octanol–water partition coefficient (Wildman–Crippen LogP) is -0.515. The molecule has 0 spiro atoms. The Balaban J connectivity index is 3.80. The first kappa shape index (κ1) is 9.84. The van der Waals surface area contributed by atoms with Gasteiger partial charge in [0.2, 0.25) is 0 Å². The van der Waals surface area contributed by atoms with E-state index in [0.717, 1.165) is 0 Å². The third kappa shape index (κ3) is 2.62. The lowest BCUT2D eigenvalue weighted by Gasteiger charge is -2.22. The zero-order chi connectivity index (χ0) is 8.15. The molecule has 3 unspecified atom stereocenters. The molecular formula is C6H15NO3. The quantitative estimate of drug-likeness (QED) is 0.406. The fourth-order valence-electron chi connectivity index (χ4n) is 0.769. The number of hydrogen-bond acceptors (Lipinski definition) is 4. The van der Waals surface area contributed by atoms with Crippen molar-refractivity contribution in [2.75, 3.05) is 0 Å². The lowest BCUT2D eigenvalue weighted by Crippen LogP contribution is -2.45. The maximum atomic E-state index is 9.11. The molecule has 0 aromatic rings. The number of aliphatic hydroxyl groups is 2. The molecule has 62 valence electrons. The molecule has 0 rings (SSSR count). The Morgan fingerprint density at radius 1 is 1.40 bits per heavy atom. The van der Waals surface area contributed by atoms with Crippen molar-refractivity contribution in [3.8, 4) is 0 Å². The molecule has 0 fully saturated rings. The van der Waals surface area contributed by atoms with Crippen LogP contribution in [0.2, 0.25) is 0 Å². The molecule has 0 aliphatic heterocycles. The third-order valence-electron chi connectivity index (χ3n) is 1.50. The van der Waals surface area contributed by atoms with Gasteiger partial charge in [0, 0.05) is 0 Å². The van der Waals surface area contributed by atoms with E-state index in [9.17, 15) is 0 Å². The van der Waals surface area contributed by atoms with Gasteiger partial charge in [-0.2, -0.15) is 5.48 Å². The Morgan fingerprint density at radius 3 is 2.00 bits per heavy atom. The van der Waals surface area contributed by atoms with Crippen LogP contribution in [-0.4, -0.2) is 33.7 Å². The first-order valence-corrected chi connectivity index (χ1v) is 3.39. The highest BCUT2D eigenvalue weighted by atomic mass is 16.5. The molecule has 0 bridgehead atoms. The maximum absolute atomic E-state index is 9.11. The van der Waals surface area contributed by atoms with Crippen LogP contribution in [0.4, 0.5) is 0 Å². The van der Waals surface area contributed by atoms with Crippen molar-refractivity contribution in [2.45, 2.75) is 38.5 Å². The highest BCUT2D eigenvalue weighted by Crippen LogP contribution is 2.01. The summed E-state index contributed by atoms with van der Waals surface area (Å²) in [5.41, 5.74) is 1.85. The molecule has 4 N–H and O–H groups in total. The SMILES string of the molecule is CCC(O)C(NO)C(C)O. The Labute approximate surface area is 60.5 Å². The monoisotopic (exact) mass is 149 g/mol. The van der Waals surface area contributed by atoms with Gasteiger partial charge >= 0.3 is 0 Å². The van der Waals surface area contributed by atoms with Gasteiger partial charge in [0.1, 0.15) is 0 Å². The normalized spacial score (nSPS) is 20.1. The van der Waals surface area contributed by atoms with E-state index in [4.69, 9.17) is 15.4 Å². The second kappa shape index (κ2) is 4.62. The van der Waals surface area contributed by atoms with Crippen molar-refractivity contribution in [3.05, 3.63) is 0 Å². The Hall–Kier alpha value is -0.160. The molecular weight excluding hydrogens is 134 g/mol. The van der Waals surface area contributed by atoms with Crippen LogP contribution in [0.1, 0.15) is 20.3 Å². The third-order valence-corrected chi connectivity index (χ3v) is 1.50. The first-order chi connectivity index (χ1) is 4.63. The summed E-state index contributed by atoms with van der Waals surface area (Å²) in [6.45, 7) is 3.28. The van der Waals surface area contributed by atoms with E-state index in [0.29, 0.717) is 6.42 Å². The average Bonchev–Trinajstić information content (AvgIpc) is 1.88. The van der Waals surface area contributed by atoms with Gasteiger partial charge < -0.3 is 15.4 Å². The van der Waals surface area contributed by atoms with Gasteiger partial charge in [0.25, 0.3) is 0 Å². The second-order valence-electron chi connectivity index (χ2n) is 2.37. The van der Waals surface area contributed by atoms with Crippen LogP contribution in [-0.2, 0) is 0 Å². The number of aliphatic hydroxyl groups excluding tert-OH is 2. The average molecular weight is 149 g/mol. The van der Waals surface area contributed by atoms with Gasteiger partial charge in [-0.1, -0.05) is 6.92 Å². The summed E-state index contributed by atoms with van der Waals surface area (Å²) >= 11 is 0. The Bertz CT molecular complexity index is 87.1. The van der Waals surface area contributed by atoms with Crippen molar-refractivity contribution in [1.82, 2.24) is 5.48 Å². The van der Waals surface area contributed by atoms with Gasteiger partial charge in [-0.25, -0.2) is 0 Å². The first-order valence-electron chi connectivity index (χ1n) is 3.39. The highest BCUT2D eigenvalue weighted by molar-refractivity contribution is 4.75. The standard InChI is InChI=1S/C6H15NO3/c1-3-5(9)6(7-10)4(2)8/h4-10H,3H2,1-2H3. The van der Waals surface area contributed by atoms with Crippen molar-refractivity contribution < 1.29 is 15.4 Å². The van der Waals surface area contributed by atoms with E-state index in [1.54, 1.807) is 6.92 Å². The summed E-state index contributed by atoms with van der Waals surface area (Å²) in [6, 6.07) is -0.648. The minimum atomic E-state index is -0.750. The summed E-state index contributed by atoms with van der Waals surface area (Å²) < 4.78 is 0. The lowest BCUT2D eigenvalue weighted by atomic mass is 10.1. The van der Waals surface area contributed by atoms with Crippen molar-refractivity contribution >= 4 is 0 Å². The lowest BCUT2D eigenvalue weighted by molar-refractivity contribution is -0.0198. The number of hydrogen-bond donors (Lipinski definition) is 4. The van der Waals surface area contributed by atoms with Crippen LogP contribution in [0.5, 0.6) is 0 Å².